The highest BCUT2D eigenvalue weighted by Gasteiger charge is 2.39. The van der Waals surface area contributed by atoms with Crippen LogP contribution in [0.2, 0.25) is 0 Å². The standard InChI is InChI=1S/C41H40O21/c1-18(2)53-41(50)52-17-51-38-32(56-21(5)44)12-27(13-33(38)57-22(6)45)40(49)62-36-16-29-30(55-20(4)43)14-28(54-19(3)42)15-31(29)61-37(36)26-10-34(58-23(7)46)39(60-25(9)48)35(11-26)59-24(8)47/h10-15,18,36-37H,16-17H2,1-9H3/t36-,37-/m1/s1. The molecule has 4 rings (SSSR count). The first-order chi connectivity index (χ1) is 29.1. The lowest BCUT2D eigenvalue weighted by atomic mass is 9.93. The molecule has 0 unspecified atom stereocenters. The van der Waals surface area contributed by atoms with Crippen LogP contribution >= 0.6 is 0 Å². The number of hydrogen-bond donors (Lipinski definition) is 0. The van der Waals surface area contributed by atoms with Crippen LogP contribution in [0.15, 0.2) is 36.4 Å². The van der Waals surface area contributed by atoms with Gasteiger partial charge in [0, 0.05) is 78.1 Å². The van der Waals surface area contributed by atoms with E-state index >= 15 is 0 Å². The summed E-state index contributed by atoms with van der Waals surface area (Å²) in [6.45, 7) is 9.70. The molecule has 0 amide bonds. The molecule has 3 aromatic carbocycles. The molecule has 1 aliphatic heterocycles. The Balaban J connectivity index is 1.92. The Labute approximate surface area is 352 Å². The summed E-state index contributed by atoms with van der Waals surface area (Å²) in [7, 11) is 0. The lowest BCUT2D eigenvalue weighted by Crippen LogP contribution is -2.35. The van der Waals surface area contributed by atoms with E-state index in [1.54, 1.807) is 13.8 Å². The molecule has 0 spiro atoms. The molecule has 0 saturated heterocycles. The zero-order chi connectivity index (χ0) is 46.0. The second-order valence-corrected chi connectivity index (χ2v) is 13.2. The summed E-state index contributed by atoms with van der Waals surface area (Å²) < 4.78 is 64.7. The van der Waals surface area contributed by atoms with Crippen LogP contribution in [-0.4, -0.2) is 72.9 Å². The van der Waals surface area contributed by atoms with Gasteiger partial charge in [-0.25, -0.2) is 9.59 Å². The molecule has 21 heteroatoms. The van der Waals surface area contributed by atoms with Crippen molar-refractivity contribution in [3.05, 3.63) is 53.1 Å². The molecule has 0 aromatic heterocycles. The van der Waals surface area contributed by atoms with Crippen molar-refractivity contribution in [2.75, 3.05) is 6.79 Å². The predicted molar refractivity (Wildman–Crippen MR) is 203 cm³/mol. The van der Waals surface area contributed by atoms with Crippen molar-refractivity contribution in [2.45, 2.75) is 87.0 Å². The maximum Gasteiger partial charge on any atom is 0.511 e. The number of esters is 8. The number of carbonyl (C=O) groups is 9. The molecule has 0 fully saturated rings. The second kappa shape index (κ2) is 20.5. The number of fused-ring (bicyclic) bond motifs is 1. The van der Waals surface area contributed by atoms with E-state index in [1.807, 2.05) is 0 Å². The largest absolute Gasteiger partial charge is 0.511 e. The van der Waals surface area contributed by atoms with Gasteiger partial charge in [0.1, 0.15) is 23.4 Å². The van der Waals surface area contributed by atoms with Gasteiger partial charge in [-0.15, -0.1) is 0 Å². The molecular weight excluding hydrogens is 828 g/mol. The highest BCUT2D eigenvalue weighted by Crippen LogP contribution is 2.48. The Morgan fingerprint density at radius 2 is 1.05 bits per heavy atom. The Hall–Kier alpha value is -7.71. The van der Waals surface area contributed by atoms with Gasteiger partial charge in [-0.2, -0.15) is 0 Å². The normalized spacial score (nSPS) is 13.8. The fourth-order valence-electron chi connectivity index (χ4n) is 5.61. The van der Waals surface area contributed by atoms with Crippen molar-refractivity contribution in [1.82, 2.24) is 0 Å². The van der Waals surface area contributed by atoms with Crippen molar-refractivity contribution in [1.29, 1.82) is 0 Å². The van der Waals surface area contributed by atoms with Crippen molar-refractivity contribution >= 4 is 53.9 Å². The summed E-state index contributed by atoms with van der Waals surface area (Å²) >= 11 is 0. The topological polar surface area (TPSA) is 264 Å². The van der Waals surface area contributed by atoms with E-state index in [2.05, 4.69) is 0 Å². The van der Waals surface area contributed by atoms with Gasteiger partial charge in [-0.3, -0.25) is 33.6 Å². The van der Waals surface area contributed by atoms with Gasteiger partial charge in [0.2, 0.25) is 18.3 Å². The first-order valence-corrected chi connectivity index (χ1v) is 18.3. The molecule has 0 saturated carbocycles. The summed E-state index contributed by atoms with van der Waals surface area (Å²) in [5.74, 6) is -10.3. The van der Waals surface area contributed by atoms with Crippen LogP contribution in [0.25, 0.3) is 0 Å². The fraction of sp³-hybridized carbons (Fsp3) is 0.341. The van der Waals surface area contributed by atoms with Gasteiger partial charge in [-0.1, -0.05) is 0 Å². The van der Waals surface area contributed by atoms with Gasteiger partial charge in [0.05, 0.1) is 11.7 Å². The van der Waals surface area contributed by atoms with Crippen LogP contribution in [0.3, 0.4) is 0 Å². The summed E-state index contributed by atoms with van der Waals surface area (Å²) in [5, 5.41) is 0. The molecule has 21 nitrogen and oxygen atoms in total. The molecule has 1 heterocycles. The van der Waals surface area contributed by atoms with Gasteiger partial charge in [0.25, 0.3) is 0 Å². The maximum absolute atomic E-state index is 14.2. The highest BCUT2D eigenvalue weighted by molar-refractivity contribution is 5.92. The third kappa shape index (κ3) is 13.1. The van der Waals surface area contributed by atoms with Crippen molar-refractivity contribution in [3.63, 3.8) is 0 Å². The average molecular weight is 869 g/mol. The highest BCUT2D eigenvalue weighted by atomic mass is 16.8. The monoisotopic (exact) mass is 868 g/mol. The first-order valence-electron chi connectivity index (χ1n) is 18.3. The van der Waals surface area contributed by atoms with E-state index in [0.29, 0.717) is 0 Å². The second-order valence-electron chi connectivity index (χ2n) is 13.2. The zero-order valence-corrected chi connectivity index (χ0v) is 34.7. The zero-order valence-electron chi connectivity index (χ0n) is 34.7. The predicted octanol–water partition coefficient (Wildman–Crippen LogP) is 4.96. The summed E-state index contributed by atoms with van der Waals surface area (Å²) in [4.78, 5) is 111. The lowest BCUT2D eigenvalue weighted by molar-refractivity contribution is -0.135. The molecule has 2 atom stereocenters. The molecule has 3 aromatic rings. The summed E-state index contributed by atoms with van der Waals surface area (Å²) in [6.07, 6.45) is -4.92. The van der Waals surface area contributed by atoms with E-state index in [4.69, 9.17) is 56.8 Å². The first kappa shape index (κ1) is 47.0. The van der Waals surface area contributed by atoms with Gasteiger partial charge in [0.15, 0.2) is 29.1 Å². The van der Waals surface area contributed by atoms with Crippen LogP contribution in [0.5, 0.6) is 51.7 Å². The third-order valence-corrected chi connectivity index (χ3v) is 7.51. The van der Waals surface area contributed by atoms with Gasteiger partial charge >= 0.3 is 53.9 Å². The SMILES string of the molecule is CC(=O)Oc1cc(OC(C)=O)c2c(c1)O[C@H](c1cc(OC(C)=O)c(OC(C)=O)c(OC(C)=O)c1)[C@H](OC(=O)c1cc(OC(C)=O)c(OCOC(=O)OC(C)C)c(OC(C)=O)c1)C2. The molecule has 0 aliphatic carbocycles. The van der Waals surface area contributed by atoms with Crippen molar-refractivity contribution < 1.29 is 100.0 Å². The Bertz CT molecular complexity index is 2230. The molecular formula is C41H40O21. The number of benzene rings is 3. The summed E-state index contributed by atoms with van der Waals surface area (Å²) in [5.41, 5.74) is -0.306. The number of hydrogen-bond acceptors (Lipinski definition) is 21. The van der Waals surface area contributed by atoms with Crippen LogP contribution in [0, 0.1) is 0 Å². The smallest absolute Gasteiger partial charge is 0.481 e. The van der Waals surface area contributed by atoms with E-state index < -0.39 is 119 Å². The van der Waals surface area contributed by atoms with Crippen molar-refractivity contribution in [2.24, 2.45) is 0 Å². The lowest BCUT2D eigenvalue weighted by Gasteiger charge is -2.34. The van der Waals surface area contributed by atoms with Crippen LogP contribution < -0.4 is 42.6 Å². The Morgan fingerprint density at radius 1 is 0.581 bits per heavy atom. The maximum atomic E-state index is 14.2. The van der Waals surface area contributed by atoms with Gasteiger partial charge < -0.3 is 56.8 Å². The average Bonchev–Trinajstić information content (AvgIpc) is 3.11. The van der Waals surface area contributed by atoms with Crippen LogP contribution in [0.1, 0.15) is 89.9 Å². The molecule has 0 radical (unpaired) electrons. The van der Waals surface area contributed by atoms with E-state index in [0.717, 1.165) is 60.6 Å². The summed E-state index contributed by atoms with van der Waals surface area (Å²) in [6, 6.07) is 6.84. The molecule has 0 bridgehead atoms. The Kier molecular flexibility index (Phi) is 15.5. The minimum atomic E-state index is -1.47. The minimum absolute atomic E-state index is 0.0234. The molecule has 0 N–H and O–H groups in total. The minimum Gasteiger partial charge on any atom is -0.481 e. The van der Waals surface area contributed by atoms with E-state index in [9.17, 15) is 43.2 Å². The van der Waals surface area contributed by atoms with Crippen LogP contribution in [-0.2, 0) is 54.2 Å². The van der Waals surface area contributed by atoms with Crippen LogP contribution in [0.4, 0.5) is 4.79 Å². The van der Waals surface area contributed by atoms with Gasteiger partial charge in [-0.05, 0) is 38.1 Å². The number of rotatable bonds is 14. The van der Waals surface area contributed by atoms with Crippen molar-refractivity contribution in [3.8, 4) is 51.7 Å². The third-order valence-electron chi connectivity index (χ3n) is 7.51. The fourth-order valence-corrected chi connectivity index (χ4v) is 5.61. The quantitative estimate of drug-likeness (QED) is 0.118. The molecule has 330 valence electrons. The number of ether oxygens (including phenoxy) is 12. The molecule has 62 heavy (non-hydrogen) atoms. The molecule has 1 aliphatic rings. The number of carbonyl (C=O) groups excluding carboxylic acids is 9. The van der Waals surface area contributed by atoms with E-state index in [-0.39, 0.29) is 34.8 Å². The van der Waals surface area contributed by atoms with E-state index in [1.165, 1.54) is 24.3 Å². The Morgan fingerprint density at radius 3 is 1.52 bits per heavy atom.